The van der Waals surface area contributed by atoms with Crippen LogP contribution in [0.5, 0.6) is 0 Å². The molecule has 1 aromatic heterocycles. The topological polar surface area (TPSA) is 54.2 Å². The minimum atomic E-state index is -0.783. The third-order valence-electron chi connectivity index (χ3n) is 3.92. The van der Waals surface area contributed by atoms with E-state index in [-0.39, 0.29) is 17.7 Å². The highest BCUT2D eigenvalue weighted by atomic mass is 19.1. The van der Waals surface area contributed by atoms with E-state index in [1.165, 1.54) is 0 Å². The van der Waals surface area contributed by atoms with Gasteiger partial charge in [-0.05, 0) is 25.2 Å². The van der Waals surface area contributed by atoms with Crippen molar-refractivity contribution in [2.24, 2.45) is 17.7 Å². The van der Waals surface area contributed by atoms with Gasteiger partial charge in [0.25, 0.3) is 0 Å². The van der Waals surface area contributed by atoms with Gasteiger partial charge in [0.15, 0.2) is 23.3 Å². The van der Waals surface area contributed by atoms with Crippen LogP contribution in [-0.2, 0) is 0 Å². The second-order valence-corrected chi connectivity index (χ2v) is 5.48. The highest BCUT2D eigenvalue weighted by Crippen LogP contribution is 2.32. The van der Waals surface area contributed by atoms with Crippen LogP contribution in [-0.4, -0.2) is 17.6 Å². The average molecular weight is 270 g/mol. The lowest BCUT2D eigenvalue weighted by molar-refractivity contribution is 0.293. The number of piperidine rings is 1. The van der Waals surface area contributed by atoms with Crippen molar-refractivity contribution in [1.29, 1.82) is 0 Å². The maximum Gasteiger partial charge on any atom is 0.178 e. The number of nitrogens with two attached hydrogens (primary N) is 1. The van der Waals surface area contributed by atoms with Crippen LogP contribution in [0.25, 0.3) is 0 Å². The summed E-state index contributed by atoms with van der Waals surface area (Å²) in [6.07, 6.45) is 1.10. The number of pyridine rings is 1. The Hall–Kier alpha value is -1.43. The van der Waals surface area contributed by atoms with Gasteiger partial charge in [0, 0.05) is 18.7 Å². The summed E-state index contributed by atoms with van der Waals surface area (Å²) in [5.41, 5.74) is 2.16. The Morgan fingerprint density at radius 3 is 2.63 bits per heavy atom. The van der Waals surface area contributed by atoms with Gasteiger partial charge in [-0.3, -0.25) is 0 Å². The molecule has 19 heavy (non-hydrogen) atoms. The normalized spacial score (nSPS) is 27.5. The van der Waals surface area contributed by atoms with E-state index in [1.54, 1.807) is 0 Å². The third-order valence-corrected chi connectivity index (χ3v) is 3.92. The Bertz CT molecular complexity index is 466. The number of hydrazine groups is 1. The van der Waals surface area contributed by atoms with Crippen molar-refractivity contribution in [3.05, 3.63) is 17.7 Å². The quantitative estimate of drug-likeness (QED) is 0.640. The lowest BCUT2D eigenvalue weighted by Gasteiger charge is -2.42. The summed E-state index contributed by atoms with van der Waals surface area (Å²) in [7, 11) is 0. The molecule has 0 spiro atoms. The van der Waals surface area contributed by atoms with Gasteiger partial charge in [-0.15, -0.1) is 0 Å². The molecule has 0 bridgehead atoms. The van der Waals surface area contributed by atoms with Crippen LogP contribution < -0.4 is 16.2 Å². The van der Waals surface area contributed by atoms with Gasteiger partial charge >= 0.3 is 0 Å². The third kappa shape index (κ3) is 2.63. The lowest BCUT2D eigenvalue weighted by Crippen LogP contribution is -2.46. The smallest absolute Gasteiger partial charge is 0.178 e. The minimum absolute atomic E-state index is 0.130. The first-order chi connectivity index (χ1) is 8.93. The maximum absolute atomic E-state index is 14.0. The van der Waals surface area contributed by atoms with Gasteiger partial charge in [0.2, 0.25) is 0 Å². The van der Waals surface area contributed by atoms with Gasteiger partial charge in [0.05, 0.1) is 0 Å². The number of anilines is 2. The molecule has 2 rings (SSSR count). The SMILES string of the molecule is CC1CC(C)C(C)N(c2nc(NN)c(F)cc2F)C1. The number of halogens is 2. The second-order valence-electron chi connectivity index (χ2n) is 5.48. The number of aromatic nitrogens is 1. The molecule has 0 aliphatic carbocycles. The Morgan fingerprint density at radius 2 is 2.00 bits per heavy atom. The lowest BCUT2D eigenvalue weighted by atomic mass is 9.86. The Morgan fingerprint density at radius 1 is 1.32 bits per heavy atom. The van der Waals surface area contributed by atoms with E-state index >= 15 is 0 Å². The molecule has 106 valence electrons. The predicted octanol–water partition coefficient (Wildman–Crippen LogP) is 2.52. The molecule has 6 heteroatoms. The van der Waals surface area contributed by atoms with E-state index < -0.39 is 11.6 Å². The van der Waals surface area contributed by atoms with Crippen molar-refractivity contribution in [3.63, 3.8) is 0 Å². The van der Waals surface area contributed by atoms with E-state index in [4.69, 9.17) is 5.84 Å². The summed E-state index contributed by atoms with van der Waals surface area (Å²) in [6.45, 7) is 7.01. The highest BCUT2D eigenvalue weighted by Gasteiger charge is 2.31. The van der Waals surface area contributed by atoms with Crippen molar-refractivity contribution in [3.8, 4) is 0 Å². The molecule has 3 atom stereocenters. The Kier molecular flexibility index (Phi) is 3.89. The fourth-order valence-corrected chi connectivity index (χ4v) is 2.75. The van der Waals surface area contributed by atoms with Gasteiger partial charge in [-0.1, -0.05) is 13.8 Å². The predicted molar refractivity (Wildman–Crippen MR) is 71.7 cm³/mol. The fraction of sp³-hybridized carbons (Fsp3) is 0.615. The molecule has 0 aromatic carbocycles. The number of hydrogen-bond acceptors (Lipinski definition) is 4. The molecule has 1 aliphatic heterocycles. The molecule has 0 amide bonds. The van der Waals surface area contributed by atoms with E-state index in [0.29, 0.717) is 18.4 Å². The first-order valence-electron chi connectivity index (χ1n) is 6.53. The molecule has 1 fully saturated rings. The highest BCUT2D eigenvalue weighted by molar-refractivity contribution is 5.50. The van der Waals surface area contributed by atoms with E-state index in [2.05, 4.69) is 24.3 Å². The molecule has 0 saturated carbocycles. The van der Waals surface area contributed by atoms with Gasteiger partial charge in [-0.2, -0.15) is 0 Å². The van der Waals surface area contributed by atoms with Crippen LogP contribution >= 0.6 is 0 Å². The van der Waals surface area contributed by atoms with Crippen molar-refractivity contribution in [2.75, 3.05) is 16.9 Å². The summed E-state index contributed by atoms with van der Waals surface area (Å²) >= 11 is 0. The van der Waals surface area contributed by atoms with Crippen LogP contribution in [0.3, 0.4) is 0 Å². The average Bonchev–Trinajstić information content (AvgIpc) is 2.34. The maximum atomic E-state index is 14.0. The Balaban J connectivity index is 2.39. The molecule has 1 aromatic rings. The number of nitrogens with one attached hydrogen (secondary N) is 1. The molecule has 1 saturated heterocycles. The monoisotopic (exact) mass is 270 g/mol. The number of nitrogens with zero attached hydrogens (tertiary/aromatic N) is 2. The van der Waals surface area contributed by atoms with Crippen LogP contribution in [0, 0.1) is 23.5 Å². The van der Waals surface area contributed by atoms with Crippen molar-refractivity contribution in [2.45, 2.75) is 33.2 Å². The van der Waals surface area contributed by atoms with Crippen molar-refractivity contribution < 1.29 is 8.78 Å². The molecular formula is C13H20F2N4. The first-order valence-corrected chi connectivity index (χ1v) is 6.53. The summed E-state index contributed by atoms with van der Waals surface area (Å²) < 4.78 is 27.4. The van der Waals surface area contributed by atoms with Crippen molar-refractivity contribution in [1.82, 2.24) is 4.98 Å². The van der Waals surface area contributed by atoms with Crippen LogP contribution in [0.2, 0.25) is 0 Å². The van der Waals surface area contributed by atoms with Gasteiger partial charge < -0.3 is 10.3 Å². The van der Waals surface area contributed by atoms with Crippen LogP contribution in [0.4, 0.5) is 20.4 Å². The number of rotatable bonds is 2. The minimum Gasteiger partial charge on any atom is -0.351 e. The summed E-state index contributed by atoms with van der Waals surface area (Å²) in [5, 5.41) is 0. The fourth-order valence-electron chi connectivity index (χ4n) is 2.75. The van der Waals surface area contributed by atoms with E-state index in [0.717, 1.165) is 12.5 Å². The molecule has 4 nitrogen and oxygen atoms in total. The second kappa shape index (κ2) is 5.28. The molecule has 3 unspecified atom stereocenters. The van der Waals surface area contributed by atoms with Crippen LogP contribution in [0.15, 0.2) is 6.07 Å². The molecule has 2 heterocycles. The molecule has 0 radical (unpaired) electrons. The molecule has 3 N–H and O–H groups in total. The van der Waals surface area contributed by atoms with Gasteiger partial charge in [-0.25, -0.2) is 19.6 Å². The zero-order valence-electron chi connectivity index (χ0n) is 11.5. The zero-order valence-corrected chi connectivity index (χ0v) is 11.5. The zero-order chi connectivity index (χ0) is 14.2. The summed E-state index contributed by atoms with van der Waals surface area (Å²) in [4.78, 5) is 5.87. The van der Waals surface area contributed by atoms with Crippen LogP contribution in [0.1, 0.15) is 27.2 Å². The summed E-state index contributed by atoms with van der Waals surface area (Å²) in [5.74, 6) is 4.69. The first kappa shape index (κ1) is 14.0. The standard InChI is InChI=1S/C13H20F2N4/c1-7-4-8(2)9(3)19(6-7)13-11(15)5-10(14)12(17-13)18-16/h5,7-9H,4,6,16H2,1-3H3,(H,17,18). The van der Waals surface area contributed by atoms with Gasteiger partial charge in [0.1, 0.15) is 0 Å². The molecular weight excluding hydrogens is 250 g/mol. The largest absolute Gasteiger partial charge is 0.351 e. The summed E-state index contributed by atoms with van der Waals surface area (Å²) in [6, 6.07) is 0.989. The van der Waals surface area contributed by atoms with E-state index in [1.807, 2.05) is 11.8 Å². The van der Waals surface area contributed by atoms with Crippen molar-refractivity contribution >= 4 is 11.6 Å². The molecule has 1 aliphatic rings. The van der Waals surface area contributed by atoms with E-state index in [9.17, 15) is 8.78 Å². The number of nitrogen functional groups attached to an aromatic ring is 1. The Labute approximate surface area is 112 Å². The number of hydrogen-bond donors (Lipinski definition) is 2.